The van der Waals surface area contributed by atoms with Crippen LogP contribution in [0.2, 0.25) is 0 Å². The van der Waals surface area contributed by atoms with E-state index in [1.54, 1.807) is 18.5 Å². The summed E-state index contributed by atoms with van der Waals surface area (Å²) in [5, 5.41) is 5.51. The van der Waals surface area contributed by atoms with Crippen LogP contribution in [0.1, 0.15) is 24.6 Å². The van der Waals surface area contributed by atoms with E-state index < -0.39 is 15.8 Å². The molecule has 1 N–H and O–H groups in total. The van der Waals surface area contributed by atoms with Crippen molar-refractivity contribution in [1.82, 2.24) is 19.3 Å². The second-order valence-electron chi connectivity index (χ2n) is 6.00. The van der Waals surface area contributed by atoms with Crippen LogP contribution in [-0.2, 0) is 10.0 Å². The monoisotopic (exact) mass is 405 g/mol. The molecule has 0 amide bonds. The molecule has 0 spiro atoms. The van der Waals surface area contributed by atoms with E-state index in [9.17, 15) is 12.8 Å². The molecule has 0 bridgehead atoms. The van der Waals surface area contributed by atoms with E-state index >= 15 is 0 Å². The van der Waals surface area contributed by atoms with Crippen molar-refractivity contribution in [3.63, 3.8) is 0 Å². The number of nitrogens with zero attached hydrogens (tertiary/aromatic N) is 4. The van der Waals surface area contributed by atoms with Gasteiger partial charge < -0.3 is 5.32 Å². The van der Waals surface area contributed by atoms with Crippen LogP contribution in [0.25, 0.3) is 0 Å². The van der Waals surface area contributed by atoms with E-state index in [0.717, 1.165) is 18.6 Å². The molecule has 1 unspecified atom stereocenters. The van der Waals surface area contributed by atoms with Crippen LogP contribution >= 0.6 is 11.3 Å². The molecule has 4 rings (SSSR count). The number of hydrogen-bond acceptors (Lipinski definition) is 7. The van der Waals surface area contributed by atoms with Gasteiger partial charge in [-0.1, -0.05) is 0 Å². The van der Waals surface area contributed by atoms with Crippen LogP contribution in [-0.4, -0.2) is 34.2 Å². The topological polar surface area (TPSA) is 88.1 Å². The van der Waals surface area contributed by atoms with Crippen molar-refractivity contribution in [2.45, 2.75) is 23.8 Å². The van der Waals surface area contributed by atoms with Crippen molar-refractivity contribution < 1.29 is 12.8 Å². The van der Waals surface area contributed by atoms with Crippen LogP contribution < -0.4 is 5.32 Å². The lowest BCUT2D eigenvalue weighted by atomic mass is 10.1. The van der Waals surface area contributed by atoms with Gasteiger partial charge in [-0.25, -0.2) is 27.8 Å². The van der Waals surface area contributed by atoms with E-state index in [0.29, 0.717) is 29.7 Å². The maximum atomic E-state index is 13.2. The Labute approximate surface area is 160 Å². The van der Waals surface area contributed by atoms with Gasteiger partial charge in [0.25, 0.3) is 0 Å². The number of rotatable bonds is 5. The Bertz CT molecular complexity index is 1030. The molecule has 1 atom stereocenters. The molecular formula is C17H16FN5O2S2. The zero-order valence-corrected chi connectivity index (χ0v) is 15.8. The Balaban J connectivity index is 1.62. The molecule has 2 aromatic heterocycles. The maximum Gasteiger partial charge on any atom is 0.243 e. The average Bonchev–Trinajstić information content (AvgIpc) is 3.34. The van der Waals surface area contributed by atoms with Crippen molar-refractivity contribution in [3.05, 3.63) is 59.6 Å². The molecule has 1 aliphatic heterocycles. The summed E-state index contributed by atoms with van der Waals surface area (Å²) in [5.74, 6) is -0.103. The van der Waals surface area contributed by atoms with Crippen molar-refractivity contribution in [2.75, 3.05) is 11.9 Å². The molecule has 3 aromatic rings. The number of nitrogens with one attached hydrogen (secondary N) is 1. The fourth-order valence-corrected chi connectivity index (χ4v) is 5.26. The minimum Gasteiger partial charge on any atom is -0.300 e. The molecule has 10 heteroatoms. The molecule has 3 heterocycles. The Morgan fingerprint density at radius 3 is 2.70 bits per heavy atom. The van der Waals surface area contributed by atoms with Gasteiger partial charge in [0.1, 0.15) is 5.82 Å². The Kier molecular flexibility index (Phi) is 4.85. The summed E-state index contributed by atoms with van der Waals surface area (Å²) >= 11 is 1.42. The average molecular weight is 405 g/mol. The van der Waals surface area contributed by atoms with Gasteiger partial charge in [0.15, 0.2) is 5.13 Å². The Morgan fingerprint density at radius 1 is 1.15 bits per heavy atom. The normalized spacial score (nSPS) is 17.9. The van der Waals surface area contributed by atoms with Gasteiger partial charge in [0.2, 0.25) is 16.0 Å². The van der Waals surface area contributed by atoms with Crippen LogP contribution in [0.4, 0.5) is 15.5 Å². The van der Waals surface area contributed by atoms with Crippen molar-refractivity contribution in [1.29, 1.82) is 0 Å². The highest BCUT2D eigenvalue weighted by Crippen LogP contribution is 2.36. The van der Waals surface area contributed by atoms with Crippen LogP contribution in [0.15, 0.2) is 53.0 Å². The lowest BCUT2D eigenvalue weighted by molar-refractivity contribution is 0.390. The lowest BCUT2D eigenvalue weighted by Gasteiger charge is -2.24. The lowest BCUT2D eigenvalue weighted by Crippen LogP contribution is -2.31. The van der Waals surface area contributed by atoms with E-state index in [-0.39, 0.29) is 10.9 Å². The van der Waals surface area contributed by atoms with Gasteiger partial charge >= 0.3 is 0 Å². The Morgan fingerprint density at radius 2 is 1.96 bits per heavy atom. The van der Waals surface area contributed by atoms with E-state index in [1.165, 1.54) is 27.8 Å². The van der Waals surface area contributed by atoms with Gasteiger partial charge in [-0.05, 0) is 43.2 Å². The number of thiazole rings is 1. The fourth-order valence-electron chi connectivity index (χ4n) is 3.06. The molecule has 1 fully saturated rings. The van der Waals surface area contributed by atoms with Crippen LogP contribution in [0.3, 0.4) is 0 Å². The molecule has 1 saturated heterocycles. The predicted octanol–water partition coefficient (Wildman–Crippen LogP) is 3.34. The molecule has 27 heavy (non-hydrogen) atoms. The minimum absolute atomic E-state index is 0.0750. The second-order valence-corrected chi connectivity index (χ2v) is 8.78. The summed E-state index contributed by atoms with van der Waals surface area (Å²) < 4.78 is 40.6. The van der Waals surface area contributed by atoms with E-state index in [4.69, 9.17) is 0 Å². The maximum absolute atomic E-state index is 13.2. The molecule has 1 aliphatic rings. The largest absolute Gasteiger partial charge is 0.300 e. The summed E-state index contributed by atoms with van der Waals surface area (Å²) in [6.07, 6.45) is 4.66. The number of halogens is 1. The van der Waals surface area contributed by atoms with E-state index in [2.05, 4.69) is 20.3 Å². The summed E-state index contributed by atoms with van der Waals surface area (Å²) in [6.45, 7) is 0.392. The quantitative estimate of drug-likeness (QED) is 0.700. The third kappa shape index (κ3) is 3.68. The first-order valence-electron chi connectivity index (χ1n) is 8.31. The molecule has 0 aliphatic carbocycles. The summed E-state index contributed by atoms with van der Waals surface area (Å²) in [7, 11) is -3.74. The van der Waals surface area contributed by atoms with Gasteiger partial charge in [-0.15, -0.1) is 11.3 Å². The molecule has 140 valence electrons. The molecule has 0 radical (unpaired) electrons. The zero-order valence-electron chi connectivity index (χ0n) is 14.1. The minimum atomic E-state index is -3.74. The predicted molar refractivity (Wildman–Crippen MR) is 99.7 cm³/mol. The number of anilines is 2. The van der Waals surface area contributed by atoms with Gasteiger partial charge in [-0.2, -0.15) is 4.31 Å². The molecule has 0 saturated carbocycles. The SMILES string of the molecule is O=S(=O)(c1ccc(F)cc1)N1CCCC1c1ccnc(Nc2nccs2)n1. The highest BCUT2D eigenvalue weighted by Gasteiger charge is 2.37. The number of benzene rings is 1. The highest BCUT2D eigenvalue weighted by molar-refractivity contribution is 7.89. The number of hydrogen-bond donors (Lipinski definition) is 1. The highest BCUT2D eigenvalue weighted by atomic mass is 32.2. The van der Waals surface area contributed by atoms with Gasteiger partial charge in [-0.3, -0.25) is 0 Å². The molecule has 1 aromatic carbocycles. The first-order valence-corrected chi connectivity index (χ1v) is 10.6. The summed E-state index contributed by atoms with van der Waals surface area (Å²) in [6, 6.07) is 6.21. The second kappa shape index (κ2) is 7.29. The van der Waals surface area contributed by atoms with Gasteiger partial charge in [0.05, 0.1) is 16.6 Å². The van der Waals surface area contributed by atoms with Gasteiger partial charge in [0, 0.05) is 24.3 Å². The standard InChI is InChI=1S/C17H16FN5O2S2/c18-12-3-5-13(6-4-12)27(24,25)23-10-1-2-15(23)14-7-8-19-16(21-14)22-17-20-9-11-26-17/h3-9,11,15H,1-2,10H2,(H,19,20,21,22). The third-order valence-electron chi connectivity index (χ3n) is 4.29. The smallest absolute Gasteiger partial charge is 0.243 e. The van der Waals surface area contributed by atoms with E-state index in [1.807, 2.05) is 5.38 Å². The molecule has 7 nitrogen and oxygen atoms in total. The number of sulfonamides is 1. The third-order valence-corrected chi connectivity index (χ3v) is 6.90. The summed E-state index contributed by atoms with van der Waals surface area (Å²) in [5.41, 5.74) is 0.618. The van der Waals surface area contributed by atoms with Crippen LogP contribution in [0, 0.1) is 5.82 Å². The van der Waals surface area contributed by atoms with Crippen molar-refractivity contribution >= 4 is 32.4 Å². The fraction of sp³-hybridized carbons (Fsp3) is 0.235. The first kappa shape index (κ1) is 18.0. The zero-order chi connectivity index (χ0) is 18.9. The Hall–Kier alpha value is -2.43. The molecular weight excluding hydrogens is 389 g/mol. The first-order chi connectivity index (χ1) is 13.0. The van der Waals surface area contributed by atoms with Crippen molar-refractivity contribution in [3.8, 4) is 0 Å². The summed E-state index contributed by atoms with van der Waals surface area (Å²) in [4.78, 5) is 12.9. The number of aromatic nitrogens is 3. The van der Waals surface area contributed by atoms with Crippen molar-refractivity contribution in [2.24, 2.45) is 0 Å². The van der Waals surface area contributed by atoms with Crippen LogP contribution in [0.5, 0.6) is 0 Å².